The molecule has 0 spiro atoms. The molecule has 0 bridgehead atoms. The Bertz CT molecular complexity index is 453. The van der Waals surface area contributed by atoms with E-state index >= 15 is 0 Å². The molecular formula is C18H33N3. The van der Waals surface area contributed by atoms with Gasteiger partial charge in [-0.25, -0.2) is 0 Å². The minimum Gasteiger partial charge on any atom is -0.312 e. The van der Waals surface area contributed by atoms with Crippen LogP contribution in [0.5, 0.6) is 0 Å². The van der Waals surface area contributed by atoms with Crippen molar-refractivity contribution in [2.24, 2.45) is 11.3 Å². The molecule has 1 N–H and O–H groups in total. The van der Waals surface area contributed by atoms with Crippen LogP contribution in [0.1, 0.15) is 72.5 Å². The van der Waals surface area contributed by atoms with Crippen molar-refractivity contribution in [1.82, 2.24) is 15.1 Å². The minimum absolute atomic E-state index is 0.187. The van der Waals surface area contributed by atoms with E-state index in [-0.39, 0.29) is 5.54 Å². The molecule has 1 fully saturated rings. The summed E-state index contributed by atoms with van der Waals surface area (Å²) in [5.41, 5.74) is 1.77. The molecule has 0 aromatic carbocycles. The van der Waals surface area contributed by atoms with Gasteiger partial charge in [0.15, 0.2) is 0 Å². The van der Waals surface area contributed by atoms with Crippen molar-refractivity contribution >= 4 is 0 Å². The third kappa shape index (κ3) is 4.57. The second-order valence-electron chi connectivity index (χ2n) is 8.25. The maximum absolute atomic E-state index is 4.81. The average Bonchev–Trinajstić information content (AvgIpc) is 3.17. The first-order chi connectivity index (χ1) is 9.73. The molecule has 1 aliphatic carbocycles. The van der Waals surface area contributed by atoms with Crippen molar-refractivity contribution in [2.45, 2.75) is 78.8 Å². The van der Waals surface area contributed by atoms with Gasteiger partial charge in [0, 0.05) is 24.3 Å². The molecule has 2 unspecified atom stereocenters. The Labute approximate surface area is 130 Å². The number of nitrogens with zero attached hydrogens (tertiary/aromatic N) is 2. The normalized spacial score (nSPS) is 20.3. The highest BCUT2D eigenvalue weighted by Gasteiger charge is 2.42. The van der Waals surface area contributed by atoms with Crippen molar-refractivity contribution in [1.29, 1.82) is 0 Å². The molecule has 1 heterocycles. The molecule has 0 saturated heterocycles. The maximum Gasteiger partial charge on any atom is 0.0630 e. The zero-order valence-electron chi connectivity index (χ0n) is 14.7. The van der Waals surface area contributed by atoms with Gasteiger partial charge in [-0.3, -0.25) is 4.68 Å². The first kappa shape index (κ1) is 16.5. The number of nitrogens with one attached hydrogen (secondary N) is 1. The zero-order valence-corrected chi connectivity index (χ0v) is 14.7. The third-order valence-corrected chi connectivity index (χ3v) is 4.88. The van der Waals surface area contributed by atoms with Gasteiger partial charge in [-0.05, 0) is 70.8 Å². The van der Waals surface area contributed by atoms with Crippen molar-refractivity contribution in [3.05, 3.63) is 18.0 Å². The van der Waals surface area contributed by atoms with E-state index in [4.69, 9.17) is 5.10 Å². The van der Waals surface area contributed by atoms with E-state index in [2.05, 4.69) is 63.8 Å². The maximum atomic E-state index is 4.81. The van der Waals surface area contributed by atoms with E-state index < -0.39 is 0 Å². The molecule has 0 radical (unpaired) electrons. The Morgan fingerprint density at radius 3 is 2.52 bits per heavy atom. The predicted octanol–water partition coefficient (Wildman–Crippen LogP) is 4.20. The summed E-state index contributed by atoms with van der Waals surface area (Å²) in [4.78, 5) is 0. The van der Waals surface area contributed by atoms with Crippen molar-refractivity contribution in [2.75, 3.05) is 6.54 Å². The lowest BCUT2D eigenvalue weighted by Gasteiger charge is -2.33. The first-order valence-corrected chi connectivity index (χ1v) is 8.52. The van der Waals surface area contributed by atoms with Gasteiger partial charge in [0.05, 0.1) is 5.69 Å². The third-order valence-electron chi connectivity index (χ3n) is 4.88. The second-order valence-corrected chi connectivity index (χ2v) is 8.25. The lowest BCUT2D eigenvalue weighted by molar-refractivity contribution is 0.225. The highest BCUT2D eigenvalue weighted by molar-refractivity contribution is 5.07. The highest BCUT2D eigenvalue weighted by Crippen LogP contribution is 2.47. The summed E-state index contributed by atoms with van der Waals surface area (Å²) < 4.78 is 2.12. The molecule has 120 valence electrons. The van der Waals surface area contributed by atoms with E-state index in [1.54, 1.807) is 0 Å². The summed E-state index contributed by atoms with van der Waals surface area (Å²) >= 11 is 0. The topological polar surface area (TPSA) is 29.9 Å². The van der Waals surface area contributed by atoms with Crippen LogP contribution in [-0.2, 0) is 6.42 Å². The first-order valence-electron chi connectivity index (χ1n) is 8.52. The summed E-state index contributed by atoms with van der Waals surface area (Å²) in [7, 11) is 0. The van der Waals surface area contributed by atoms with Crippen LogP contribution in [0.3, 0.4) is 0 Å². The molecule has 1 aliphatic rings. The van der Waals surface area contributed by atoms with Crippen LogP contribution in [-0.4, -0.2) is 21.9 Å². The second kappa shape index (κ2) is 6.12. The Balaban J connectivity index is 2.04. The molecule has 3 nitrogen and oxygen atoms in total. The van der Waals surface area contributed by atoms with Gasteiger partial charge in [0.2, 0.25) is 0 Å². The molecule has 0 amide bonds. The standard InChI is InChI=1S/C18H33N3/c1-7-14(2)21-11-10-16(20-21)12-18(6,15-8-9-15)13-19-17(3,4)5/h10-11,14-15,19H,7-9,12-13H2,1-6H3. The van der Waals surface area contributed by atoms with Gasteiger partial charge >= 0.3 is 0 Å². The molecule has 3 heteroatoms. The monoisotopic (exact) mass is 291 g/mol. The fourth-order valence-corrected chi connectivity index (χ4v) is 2.92. The lowest BCUT2D eigenvalue weighted by atomic mass is 9.79. The van der Waals surface area contributed by atoms with Crippen LogP contribution in [0.2, 0.25) is 0 Å². The number of aromatic nitrogens is 2. The van der Waals surface area contributed by atoms with Crippen molar-refractivity contribution < 1.29 is 0 Å². The van der Waals surface area contributed by atoms with Gasteiger partial charge in [-0.2, -0.15) is 5.10 Å². The van der Waals surface area contributed by atoms with Crippen molar-refractivity contribution in [3.8, 4) is 0 Å². The largest absolute Gasteiger partial charge is 0.312 e. The molecule has 21 heavy (non-hydrogen) atoms. The Hall–Kier alpha value is -0.830. The number of hydrogen-bond acceptors (Lipinski definition) is 2. The quantitative estimate of drug-likeness (QED) is 0.816. The van der Waals surface area contributed by atoms with Crippen LogP contribution in [0.15, 0.2) is 12.3 Å². The number of hydrogen-bond donors (Lipinski definition) is 1. The molecule has 1 saturated carbocycles. The molecule has 1 aromatic rings. The molecule has 2 atom stereocenters. The predicted molar refractivity (Wildman–Crippen MR) is 89.5 cm³/mol. The summed E-state index contributed by atoms with van der Waals surface area (Å²) in [6, 6.07) is 2.71. The summed E-state index contributed by atoms with van der Waals surface area (Å²) in [5.74, 6) is 0.862. The van der Waals surface area contributed by atoms with E-state index in [0.717, 1.165) is 25.3 Å². The van der Waals surface area contributed by atoms with Crippen molar-refractivity contribution in [3.63, 3.8) is 0 Å². The van der Waals surface area contributed by atoms with Gasteiger partial charge in [-0.1, -0.05) is 13.8 Å². The Morgan fingerprint density at radius 1 is 1.33 bits per heavy atom. The summed E-state index contributed by atoms with van der Waals surface area (Å²) in [6.07, 6.45) is 7.13. The van der Waals surface area contributed by atoms with Gasteiger partial charge in [-0.15, -0.1) is 0 Å². The zero-order chi connectivity index (χ0) is 15.7. The minimum atomic E-state index is 0.187. The van der Waals surface area contributed by atoms with Crippen LogP contribution in [0.25, 0.3) is 0 Å². The van der Waals surface area contributed by atoms with Crippen LogP contribution >= 0.6 is 0 Å². The molecule has 0 aliphatic heterocycles. The lowest BCUT2D eigenvalue weighted by Crippen LogP contribution is -2.44. The number of rotatable bonds is 7. The summed E-state index contributed by atoms with van der Waals surface area (Å²) in [5, 5.41) is 8.52. The van der Waals surface area contributed by atoms with E-state index in [0.29, 0.717) is 11.5 Å². The van der Waals surface area contributed by atoms with E-state index in [1.165, 1.54) is 18.5 Å². The highest BCUT2D eigenvalue weighted by atomic mass is 15.3. The molecular weight excluding hydrogens is 258 g/mol. The SMILES string of the molecule is CCC(C)n1ccc(CC(C)(CNC(C)(C)C)C2CC2)n1. The Morgan fingerprint density at radius 2 is 2.00 bits per heavy atom. The summed E-state index contributed by atoms with van der Waals surface area (Å²) in [6.45, 7) is 14.7. The van der Waals surface area contributed by atoms with E-state index in [1.807, 2.05) is 0 Å². The average molecular weight is 291 g/mol. The fourth-order valence-electron chi connectivity index (χ4n) is 2.92. The van der Waals surface area contributed by atoms with Gasteiger partial charge < -0.3 is 5.32 Å². The smallest absolute Gasteiger partial charge is 0.0630 e. The Kier molecular flexibility index (Phi) is 4.82. The fraction of sp³-hybridized carbons (Fsp3) is 0.833. The molecule has 1 aromatic heterocycles. The van der Waals surface area contributed by atoms with Gasteiger partial charge in [0.25, 0.3) is 0 Å². The van der Waals surface area contributed by atoms with Crippen LogP contribution in [0, 0.1) is 11.3 Å². The van der Waals surface area contributed by atoms with Crippen LogP contribution in [0.4, 0.5) is 0 Å². The molecule has 2 rings (SSSR count). The van der Waals surface area contributed by atoms with Crippen LogP contribution < -0.4 is 5.32 Å². The van der Waals surface area contributed by atoms with E-state index in [9.17, 15) is 0 Å². The van der Waals surface area contributed by atoms with Gasteiger partial charge in [0.1, 0.15) is 0 Å².